The Morgan fingerprint density at radius 3 is 1.83 bits per heavy atom. The highest BCUT2D eigenvalue weighted by molar-refractivity contribution is 6.31. The second kappa shape index (κ2) is 9.05. The molecule has 1 aliphatic rings. The van der Waals surface area contributed by atoms with E-state index in [1.165, 1.54) is 21.3 Å². The minimum absolute atomic E-state index is 0.175. The predicted molar refractivity (Wildman–Crippen MR) is 109 cm³/mol. The second-order valence-electron chi connectivity index (χ2n) is 6.47. The van der Waals surface area contributed by atoms with Crippen molar-refractivity contribution >= 4 is 23.4 Å². The molecule has 154 valence electrons. The summed E-state index contributed by atoms with van der Waals surface area (Å²) >= 11 is 6.04. The molecule has 3 rings (SSSR count). The van der Waals surface area contributed by atoms with Gasteiger partial charge in [-0.25, -0.2) is 0 Å². The molecule has 0 N–H and O–H groups in total. The molecule has 1 saturated heterocycles. The maximum atomic E-state index is 13.1. The van der Waals surface area contributed by atoms with Crippen molar-refractivity contribution in [3.8, 4) is 17.2 Å². The van der Waals surface area contributed by atoms with Crippen LogP contribution in [0.4, 0.5) is 0 Å². The Balaban J connectivity index is 1.74. The molecule has 2 amide bonds. The number of benzene rings is 2. The van der Waals surface area contributed by atoms with Gasteiger partial charge in [-0.1, -0.05) is 17.7 Å². The van der Waals surface area contributed by atoms with E-state index in [1.54, 1.807) is 46.2 Å². The molecule has 2 aromatic carbocycles. The predicted octanol–water partition coefficient (Wildman–Crippen LogP) is 2.96. The Kier molecular flexibility index (Phi) is 6.49. The van der Waals surface area contributed by atoms with Crippen molar-refractivity contribution in [1.29, 1.82) is 0 Å². The zero-order valence-electron chi connectivity index (χ0n) is 16.6. The zero-order chi connectivity index (χ0) is 21.0. The van der Waals surface area contributed by atoms with Gasteiger partial charge in [0.1, 0.15) is 22.8 Å². The number of piperazine rings is 1. The van der Waals surface area contributed by atoms with Gasteiger partial charge in [-0.15, -0.1) is 0 Å². The van der Waals surface area contributed by atoms with E-state index in [2.05, 4.69) is 0 Å². The normalized spacial score (nSPS) is 13.8. The molecule has 2 aromatic rings. The highest BCUT2D eigenvalue weighted by atomic mass is 35.5. The summed E-state index contributed by atoms with van der Waals surface area (Å²) in [6.07, 6.45) is 0. The number of hydrogen-bond acceptors (Lipinski definition) is 5. The van der Waals surface area contributed by atoms with Crippen molar-refractivity contribution in [3.05, 3.63) is 52.5 Å². The summed E-state index contributed by atoms with van der Waals surface area (Å²) in [7, 11) is 4.54. The van der Waals surface area contributed by atoms with Gasteiger partial charge < -0.3 is 24.0 Å². The molecule has 0 spiro atoms. The van der Waals surface area contributed by atoms with Gasteiger partial charge >= 0.3 is 0 Å². The molecule has 0 bridgehead atoms. The summed E-state index contributed by atoms with van der Waals surface area (Å²) in [5.41, 5.74) is 0.792. The Bertz CT molecular complexity index is 888. The molecule has 1 aliphatic heterocycles. The number of hydrogen-bond donors (Lipinski definition) is 0. The summed E-state index contributed by atoms with van der Waals surface area (Å²) in [4.78, 5) is 29.4. The van der Waals surface area contributed by atoms with Crippen molar-refractivity contribution in [2.24, 2.45) is 0 Å². The standard InChI is InChI=1S/C21H23ClN2O5/c1-27-16-8-7-14(22)13-15(16)20(25)23-9-11-24(12-10-23)21(26)19-17(28-2)5-4-6-18(19)29-3/h4-8,13H,9-12H2,1-3H3. The lowest BCUT2D eigenvalue weighted by atomic mass is 10.1. The number of rotatable bonds is 5. The fourth-order valence-electron chi connectivity index (χ4n) is 3.35. The average Bonchev–Trinajstić information content (AvgIpc) is 2.77. The minimum Gasteiger partial charge on any atom is -0.496 e. The van der Waals surface area contributed by atoms with E-state index >= 15 is 0 Å². The lowest BCUT2D eigenvalue weighted by Gasteiger charge is -2.35. The van der Waals surface area contributed by atoms with Gasteiger partial charge in [0.2, 0.25) is 0 Å². The van der Waals surface area contributed by atoms with Crippen LogP contribution in [0.15, 0.2) is 36.4 Å². The smallest absolute Gasteiger partial charge is 0.261 e. The highest BCUT2D eigenvalue weighted by Crippen LogP contribution is 2.30. The second-order valence-corrected chi connectivity index (χ2v) is 6.90. The average molecular weight is 419 g/mol. The number of carbonyl (C=O) groups excluding carboxylic acids is 2. The largest absolute Gasteiger partial charge is 0.496 e. The molecule has 1 heterocycles. The molecule has 0 radical (unpaired) electrons. The third kappa shape index (κ3) is 4.24. The number of amides is 2. The molecule has 0 atom stereocenters. The first kappa shape index (κ1) is 20.8. The number of ether oxygens (including phenoxy) is 3. The van der Waals surface area contributed by atoms with Gasteiger partial charge in [-0.2, -0.15) is 0 Å². The van der Waals surface area contributed by atoms with E-state index in [9.17, 15) is 9.59 Å². The number of halogens is 1. The van der Waals surface area contributed by atoms with Gasteiger partial charge in [-0.05, 0) is 30.3 Å². The van der Waals surface area contributed by atoms with Crippen molar-refractivity contribution < 1.29 is 23.8 Å². The van der Waals surface area contributed by atoms with Crippen molar-refractivity contribution in [2.45, 2.75) is 0 Å². The molecule has 7 nitrogen and oxygen atoms in total. The first-order chi connectivity index (χ1) is 14.0. The van der Waals surface area contributed by atoms with Crippen LogP contribution in [-0.2, 0) is 0 Å². The van der Waals surface area contributed by atoms with Crippen LogP contribution in [0.5, 0.6) is 17.2 Å². The minimum atomic E-state index is -0.188. The molecule has 0 unspecified atom stereocenters. The van der Waals surface area contributed by atoms with E-state index in [-0.39, 0.29) is 11.8 Å². The van der Waals surface area contributed by atoms with Crippen LogP contribution in [-0.4, -0.2) is 69.1 Å². The van der Waals surface area contributed by atoms with Crippen LogP contribution in [0, 0.1) is 0 Å². The van der Waals surface area contributed by atoms with Gasteiger partial charge in [-0.3, -0.25) is 9.59 Å². The van der Waals surface area contributed by atoms with E-state index in [4.69, 9.17) is 25.8 Å². The highest BCUT2D eigenvalue weighted by Gasteiger charge is 2.29. The van der Waals surface area contributed by atoms with Gasteiger partial charge in [0.05, 0.1) is 26.9 Å². The molecule has 0 aliphatic carbocycles. The Labute approximate surface area is 174 Å². The van der Waals surface area contributed by atoms with Gasteiger partial charge in [0.15, 0.2) is 0 Å². The number of carbonyl (C=O) groups is 2. The number of nitrogens with zero attached hydrogens (tertiary/aromatic N) is 2. The lowest BCUT2D eigenvalue weighted by molar-refractivity contribution is 0.0530. The number of methoxy groups -OCH3 is 3. The van der Waals surface area contributed by atoms with Crippen LogP contribution in [0.1, 0.15) is 20.7 Å². The first-order valence-corrected chi connectivity index (χ1v) is 9.51. The molecular formula is C21H23ClN2O5. The molecule has 1 fully saturated rings. The third-order valence-corrected chi connectivity index (χ3v) is 5.12. The molecule has 29 heavy (non-hydrogen) atoms. The zero-order valence-corrected chi connectivity index (χ0v) is 17.4. The van der Waals surface area contributed by atoms with Gasteiger partial charge in [0.25, 0.3) is 11.8 Å². The summed E-state index contributed by atoms with van der Waals surface area (Å²) < 4.78 is 16.0. The van der Waals surface area contributed by atoms with Crippen LogP contribution in [0.2, 0.25) is 5.02 Å². The third-order valence-electron chi connectivity index (χ3n) is 4.89. The molecular weight excluding hydrogens is 396 g/mol. The summed E-state index contributed by atoms with van der Waals surface area (Å²) in [5, 5.41) is 0.464. The summed E-state index contributed by atoms with van der Waals surface area (Å²) in [6, 6.07) is 10.2. The van der Waals surface area contributed by atoms with Crippen molar-refractivity contribution in [3.63, 3.8) is 0 Å². The van der Waals surface area contributed by atoms with E-state index < -0.39 is 0 Å². The quantitative estimate of drug-likeness (QED) is 0.746. The van der Waals surface area contributed by atoms with E-state index in [0.29, 0.717) is 59.6 Å². The summed E-state index contributed by atoms with van der Waals surface area (Å²) in [5.74, 6) is 1.02. The van der Waals surface area contributed by atoms with E-state index in [0.717, 1.165) is 0 Å². The van der Waals surface area contributed by atoms with Crippen molar-refractivity contribution in [2.75, 3.05) is 47.5 Å². The Hall–Kier alpha value is -2.93. The van der Waals surface area contributed by atoms with Crippen LogP contribution in [0.25, 0.3) is 0 Å². The molecule has 8 heteroatoms. The fraction of sp³-hybridized carbons (Fsp3) is 0.333. The van der Waals surface area contributed by atoms with Crippen molar-refractivity contribution in [1.82, 2.24) is 9.80 Å². The fourth-order valence-corrected chi connectivity index (χ4v) is 3.52. The SMILES string of the molecule is COc1ccc(Cl)cc1C(=O)N1CCN(C(=O)c2c(OC)cccc2OC)CC1. The maximum Gasteiger partial charge on any atom is 0.261 e. The molecule has 0 aromatic heterocycles. The topological polar surface area (TPSA) is 68.3 Å². The Morgan fingerprint density at radius 2 is 1.31 bits per heavy atom. The first-order valence-electron chi connectivity index (χ1n) is 9.13. The monoisotopic (exact) mass is 418 g/mol. The van der Waals surface area contributed by atoms with E-state index in [1.807, 2.05) is 0 Å². The summed E-state index contributed by atoms with van der Waals surface area (Å²) in [6.45, 7) is 1.60. The van der Waals surface area contributed by atoms with Crippen LogP contribution < -0.4 is 14.2 Å². The van der Waals surface area contributed by atoms with Crippen LogP contribution in [0.3, 0.4) is 0 Å². The lowest BCUT2D eigenvalue weighted by Crippen LogP contribution is -2.50. The molecule has 0 saturated carbocycles. The Morgan fingerprint density at radius 1 is 0.793 bits per heavy atom. The maximum absolute atomic E-state index is 13.1. The van der Waals surface area contributed by atoms with Crippen LogP contribution >= 0.6 is 11.6 Å². The van der Waals surface area contributed by atoms with Gasteiger partial charge in [0, 0.05) is 31.2 Å².